The number of carboxylic acids is 1. The molecule has 144 valence electrons. The maximum Gasteiger partial charge on any atom is 0.303 e. The van der Waals surface area contributed by atoms with Gasteiger partial charge in [0.1, 0.15) is 5.75 Å². The number of hydrogen-bond acceptors (Lipinski definition) is 3. The number of benzene rings is 2. The van der Waals surface area contributed by atoms with Crippen LogP contribution in [0.3, 0.4) is 0 Å². The van der Waals surface area contributed by atoms with E-state index in [1.807, 2.05) is 24.3 Å². The molecule has 0 spiro atoms. The molecule has 1 N–H and O–H groups in total. The van der Waals surface area contributed by atoms with Crippen molar-refractivity contribution in [2.24, 2.45) is 0 Å². The van der Waals surface area contributed by atoms with Crippen LogP contribution in [0.5, 0.6) is 5.75 Å². The van der Waals surface area contributed by atoms with Crippen LogP contribution in [0.2, 0.25) is 0 Å². The van der Waals surface area contributed by atoms with Crippen molar-refractivity contribution in [2.75, 3.05) is 6.61 Å². The van der Waals surface area contributed by atoms with Gasteiger partial charge in [-0.3, -0.25) is 9.59 Å². The highest BCUT2D eigenvalue weighted by molar-refractivity contribution is 9.10. The smallest absolute Gasteiger partial charge is 0.303 e. The molecule has 2 aliphatic carbocycles. The second-order valence-corrected chi connectivity index (χ2v) is 8.75. The standard InChI is InChI=1S/C23H21BrO4/c1-23(2)18-8-6-15(28-9-3-4-20(25)26)12-17(18)22(27)21-16-7-5-14(24)10-13(16)11-19(21)23/h5-8,10,12H,3-4,9,11H2,1-2H3,(H,25,26). The van der Waals surface area contributed by atoms with Gasteiger partial charge in [0.15, 0.2) is 5.78 Å². The number of carbonyl (C=O) groups excluding carboxylic acids is 1. The van der Waals surface area contributed by atoms with Crippen LogP contribution in [-0.4, -0.2) is 23.5 Å². The van der Waals surface area contributed by atoms with Gasteiger partial charge in [0.2, 0.25) is 0 Å². The summed E-state index contributed by atoms with van der Waals surface area (Å²) in [5, 5.41) is 8.74. The first-order valence-electron chi connectivity index (χ1n) is 9.35. The minimum Gasteiger partial charge on any atom is -0.494 e. The van der Waals surface area contributed by atoms with Gasteiger partial charge in [-0.05, 0) is 59.4 Å². The number of Topliss-reactive ketones (excluding diaryl/α,β-unsaturated/α-hetero) is 1. The lowest BCUT2D eigenvalue weighted by molar-refractivity contribution is -0.137. The minimum absolute atomic E-state index is 0.0429. The topological polar surface area (TPSA) is 63.6 Å². The van der Waals surface area contributed by atoms with Gasteiger partial charge in [-0.25, -0.2) is 0 Å². The minimum atomic E-state index is -0.836. The van der Waals surface area contributed by atoms with Crippen LogP contribution in [0.25, 0.3) is 5.57 Å². The van der Waals surface area contributed by atoms with Crippen molar-refractivity contribution in [1.29, 1.82) is 0 Å². The van der Waals surface area contributed by atoms with E-state index in [0.717, 1.165) is 27.6 Å². The van der Waals surface area contributed by atoms with E-state index in [1.165, 1.54) is 11.1 Å². The van der Waals surface area contributed by atoms with E-state index in [9.17, 15) is 9.59 Å². The van der Waals surface area contributed by atoms with Crippen LogP contribution < -0.4 is 4.74 Å². The fourth-order valence-corrected chi connectivity index (χ4v) is 4.65. The van der Waals surface area contributed by atoms with Crippen LogP contribution in [0.1, 0.15) is 53.7 Å². The first-order valence-corrected chi connectivity index (χ1v) is 10.1. The monoisotopic (exact) mass is 440 g/mol. The average Bonchev–Trinajstić information content (AvgIpc) is 3.03. The number of fused-ring (bicyclic) bond motifs is 3. The Balaban J connectivity index is 1.68. The van der Waals surface area contributed by atoms with Gasteiger partial charge >= 0.3 is 5.97 Å². The molecule has 0 amide bonds. The summed E-state index contributed by atoms with van der Waals surface area (Å²) in [6, 6.07) is 11.8. The first-order chi connectivity index (χ1) is 13.3. The first kappa shape index (κ1) is 18.9. The molecule has 28 heavy (non-hydrogen) atoms. The fourth-order valence-electron chi connectivity index (χ4n) is 4.24. The lowest BCUT2D eigenvalue weighted by atomic mass is 9.68. The Morgan fingerprint density at radius 3 is 2.71 bits per heavy atom. The van der Waals surface area contributed by atoms with Gasteiger partial charge in [-0.15, -0.1) is 0 Å². The summed E-state index contributed by atoms with van der Waals surface area (Å²) in [4.78, 5) is 24.0. The van der Waals surface area contributed by atoms with E-state index < -0.39 is 5.97 Å². The number of ketones is 1. The predicted molar refractivity (Wildman–Crippen MR) is 111 cm³/mol. The largest absolute Gasteiger partial charge is 0.494 e. The molecule has 0 heterocycles. The second kappa shape index (κ2) is 6.89. The molecule has 0 atom stereocenters. The lowest BCUT2D eigenvalue weighted by Crippen LogP contribution is -2.29. The summed E-state index contributed by atoms with van der Waals surface area (Å²) in [6.07, 6.45) is 1.29. The summed E-state index contributed by atoms with van der Waals surface area (Å²) in [6.45, 7) is 4.65. The molecule has 0 aromatic heterocycles. The molecule has 2 aromatic rings. The number of aliphatic carboxylic acids is 1. The van der Waals surface area contributed by atoms with Crippen molar-refractivity contribution in [3.05, 3.63) is 68.7 Å². The Kier molecular flexibility index (Phi) is 4.66. The maximum absolute atomic E-state index is 13.4. The number of rotatable bonds is 5. The summed E-state index contributed by atoms with van der Waals surface area (Å²) in [7, 11) is 0. The number of carbonyl (C=O) groups is 2. The van der Waals surface area contributed by atoms with Crippen molar-refractivity contribution >= 4 is 33.3 Å². The Bertz CT molecular complexity index is 1030. The third-order valence-electron chi connectivity index (χ3n) is 5.70. The molecule has 0 saturated carbocycles. The number of allylic oxidation sites excluding steroid dienone is 2. The zero-order valence-corrected chi connectivity index (χ0v) is 17.4. The summed E-state index contributed by atoms with van der Waals surface area (Å²) in [5.41, 5.74) is 5.65. The van der Waals surface area contributed by atoms with Crippen molar-refractivity contribution < 1.29 is 19.4 Å². The third kappa shape index (κ3) is 3.08. The molecule has 5 heteroatoms. The molecule has 0 aliphatic heterocycles. The molecule has 0 radical (unpaired) electrons. The van der Waals surface area contributed by atoms with Crippen LogP contribution in [0.4, 0.5) is 0 Å². The van der Waals surface area contributed by atoms with Crippen molar-refractivity contribution in [3.8, 4) is 5.75 Å². The van der Waals surface area contributed by atoms with Gasteiger partial charge in [0.05, 0.1) is 6.61 Å². The molecule has 0 bridgehead atoms. The third-order valence-corrected chi connectivity index (χ3v) is 6.19. The van der Waals surface area contributed by atoms with Crippen molar-refractivity contribution in [1.82, 2.24) is 0 Å². The van der Waals surface area contributed by atoms with Crippen LogP contribution in [0.15, 0.2) is 46.4 Å². The highest BCUT2D eigenvalue weighted by Crippen LogP contribution is 2.50. The summed E-state index contributed by atoms with van der Waals surface area (Å²) >= 11 is 3.53. The average molecular weight is 441 g/mol. The highest BCUT2D eigenvalue weighted by atomic mass is 79.9. The lowest BCUT2D eigenvalue weighted by Gasteiger charge is -2.34. The highest BCUT2D eigenvalue weighted by Gasteiger charge is 2.42. The molecular weight excluding hydrogens is 420 g/mol. The van der Waals surface area contributed by atoms with E-state index in [0.29, 0.717) is 24.3 Å². The molecule has 0 unspecified atom stereocenters. The van der Waals surface area contributed by atoms with Gasteiger partial charge in [-0.2, -0.15) is 0 Å². The number of ether oxygens (including phenoxy) is 1. The van der Waals surface area contributed by atoms with Crippen molar-refractivity contribution in [2.45, 2.75) is 38.5 Å². The normalized spacial score (nSPS) is 16.5. The van der Waals surface area contributed by atoms with Gasteiger partial charge in [0.25, 0.3) is 0 Å². The Labute approximate surface area is 172 Å². The van der Waals surface area contributed by atoms with E-state index in [2.05, 4.69) is 35.8 Å². The van der Waals surface area contributed by atoms with Crippen LogP contribution in [-0.2, 0) is 16.6 Å². The Morgan fingerprint density at radius 2 is 1.96 bits per heavy atom. The molecule has 2 aliphatic rings. The maximum atomic E-state index is 13.4. The van der Waals surface area contributed by atoms with E-state index in [1.54, 1.807) is 6.07 Å². The molecule has 4 nitrogen and oxygen atoms in total. The molecular formula is C23H21BrO4. The van der Waals surface area contributed by atoms with Gasteiger partial charge < -0.3 is 9.84 Å². The molecule has 0 saturated heterocycles. The quantitative estimate of drug-likeness (QED) is 0.650. The van der Waals surface area contributed by atoms with Crippen LogP contribution >= 0.6 is 15.9 Å². The SMILES string of the molecule is CC1(C)C2=C(C(=O)c3cc(OCCCC(=O)O)ccc31)c1ccc(Br)cc1C2. The second-order valence-electron chi connectivity index (χ2n) is 7.84. The fraction of sp³-hybridized carbons (Fsp3) is 0.304. The van der Waals surface area contributed by atoms with E-state index in [4.69, 9.17) is 9.84 Å². The molecule has 2 aromatic carbocycles. The molecule has 4 rings (SSSR count). The Morgan fingerprint density at radius 1 is 1.18 bits per heavy atom. The van der Waals surface area contributed by atoms with Gasteiger partial charge in [-0.1, -0.05) is 41.9 Å². The van der Waals surface area contributed by atoms with E-state index >= 15 is 0 Å². The summed E-state index contributed by atoms with van der Waals surface area (Å²) in [5.74, 6) is -0.190. The van der Waals surface area contributed by atoms with E-state index in [-0.39, 0.29) is 17.6 Å². The number of halogens is 1. The number of carboxylic acid groups (broad SMARTS) is 1. The molecule has 0 fully saturated rings. The Hall–Kier alpha value is -2.40. The zero-order chi connectivity index (χ0) is 20.1. The number of hydrogen-bond donors (Lipinski definition) is 1. The zero-order valence-electron chi connectivity index (χ0n) is 15.8. The van der Waals surface area contributed by atoms with Gasteiger partial charge in [0, 0.05) is 27.4 Å². The predicted octanol–water partition coefficient (Wildman–Crippen LogP) is 5.18. The van der Waals surface area contributed by atoms with Crippen LogP contribution in [0, 0.1) is 0 Å². The summed E-state index contributed by atoms with van der Waals surface area (Å²) < 4.78 is 6.72. The van der Waals surface area contributed by atoms with Crippen molar-refractivity contribution in [3.63, 3.8) is 0 Å².